The lowest BCUT2D eigenvalue weighted by atomic mass is 9.95. The van der Waals surface area contributed by atoms with Crippen LogP contribution in [0.2, 0.25) is 10.0 Å². The highest BCUT2D eigenvalue weighted by molar-refractivity contribution is 6.42. The molecule has 1 unspecified atom stereocenters. The number of anilines is 2. The highest BCUT2D eigenvalue weighted by Crippen LogP contribution is 2.36. The minimum absolute atomic E-state index is 0.208. The molecular weight excluding hydrogens is 497 g/mol. The zero-order valence-corrected chi connectivity index (χ0v) is 21.1. The van der Waals surface area contributed by atoms with Gasteiger partial charge in [0.25, 0.3) is 5.91 Å². The molecule has 1 atom stereocenters. The number of aryl methyl sites for hydroxylation is 1. The van der Waals surface area contributed by atoms with Crippen LogP contribution in [0, 0.1) is 6.92 Å². The quantitative estimate of drug-likeness (QED) is 0.308. The third-order valence-corrected chi connectivity index (χ3v) is 6.76. The van der Waals surface area contributed by atoms with E-state index in [9.17, 15) is 4.79 Å². The molecule has 9 heteroatoms. The largest absolute Gasteiger partial charge is 0.489 e. The number of carbonyl (C=O) groups is 1. The maximum absolute atomic E-state index is 13.5. The minimum Gasteiger partial charge on any atom is -0.489 e. The van der Waals surface area contributed by atoms with E-state index in [4.69, 9.17) is 27.9 Å². The fourth-order valence-corrected chi connectivity index (χ4v) is 4.46. The summed E-state index contributed by atoms with van der Waals surface area (Å²) in [5.74, 6) is 1.05. The summed E-state index contributed by atoms with van der Waals surface area (Å²) in [6.45, 7) is 4.17. The van der Waals surface area contributed by atoms with E-state index in [-0.39, 0.29) is 5.91 Å². The van der Waals surface area contributed by atoms with E-state index in [0.717, 1.165) is 22.4 Å². The van der Waals surface area contributed by atoms with Crippen LogP contribution in [-0.2, 0) is 11.4 Å². The zero-order chi connectivity index (χ0) is 25.2. The number of nitrogens with one attached hydrogen (secondary N) is 2. The van der Waals surface area contributed by atoms with E-state index in [1.54, 1.807) is 16.8 Å². The molecule has 0 spiro atoms. The Morgan fingerprint density at radius 3 is 2.58 bits per heavy atom. The van der Waals surface area contributed by atoms with Crippen molar-refractivity contribution >= 4 is 40.7 Å². The summed E-state index contributed by atoms with van der Waals surface area (Å²) in [7, 11) is 0. The standard InChI is InChI=1S/C27H23Cl2N5O2/c1-16-5-3-4-6-23(16)33-26(35)24-17(2)32-27-30-15-31-34(27)25(24)19-8-10-20(11-9-19)36-14-18-7-12-21(28)22(29)13-18/h3-13,15,25H,14H2,1-2H3,(H,33,35)(H,30,31,32). The summed E-state index contributed by atoms with van der Waals surface area (Å²) >= 11 is 12.1. The Hall–Kier alpha value is -3.81. The fraction of sp³-hybridized carbons (Fsp3) is 0.148. The number of hydrogen-bond donors (Lipinski definition) is 2. The van der Waals surface area contributed by atoms with Crippen LogP contribution in [0.15, 0.2) is 84.3 Å². The number of allylic oxidation sites excluding steroid dienone is 1. The van der Waals surface area contributed by atoms with Crippen LogP contribution in [0.3, 0.4) is 0 Å². The van der Waals surface area contributed by atoms with Crippen LogP contribution < -0.4 is 15.4 Å². The normalized spacial score (nSPS) is 14.7. The van der Waals surface area contributed by atoms with Gasteiger partial charge in [-0.05, 0) is 60.9 Å². The number of rotatable bonds is 6. The van der Waals surface area contributed by atoms with Crippen molar-refractivity contribution in [3.8, 4) is 5.75 Å². The van der Waals surface area contributed by atoms with Gasteiger partial charge in [-0.3, -0.25) is 4.79 Å². The molecule has 0 radical (unpaired) electrons. The van der Waals surface area contributed by atoms with Gasteiger partial charge in [0.15, 0.2) is 0 Å². The molecule has 3 aromatic carbocycles. The molecular formula is C27H23Cl2N5O2. The highest BCUT2D eigenvalue weighted by atomic mass is 35.5. The van der Waals surface area contributed by atoms with Gasteiger partial charge < -0.3 is 15.4 Å². The number of carbonyl (C=O) groups excluding carboxylic acids is 1. The Morgan fingerprint density at radius 1 is 1.06 bits per heavy atom. The van der Waals surface area contributed by atoms with E-state index < -0.39 is 6.04 Å². The smallest absolute Gasteiger partial charge is 0.255 e. The number of aromatic nitrogens is 3. The number of halogens is 2. The van der Waals surface area contributed by atoms with Crippen molar-refractivity contribution in [3.63, 3.8) is 0 Å². The van der Waals surface area contributed by atoms with Gasteiger partial charge in [-0.1, -0.05) is 59.6 Å². The van der Waals surface area contributed by atoms with Crippen LogP contribution in [0.5, 0.6) is 5.75 Å². The fourth-order valence-electron chi connectivity index (χ4n) is 4.14. The Labute approximate surface area is 218 Å². The molecule has 7 nitrogen and oxygen atoms in total. The van der Waals surface area contributed by atoms with Gasteiger partial charge in [-0.2, -0.15) is 10.1 Å². The molecule has 0 bridgehead atoms. The van der Waals surface area contributed by atoms with Crippen molar-refractivity contribution in [2.75, 3.05) is 10.6 Å². The van der Waals surface area contributed by atoms with E-state index in [0.29, 0.717) is 39.6 Å². The molecule has 5 rings (SSSR count). The first-order chi connectivity index (χ1) is 17.4. The van der Waals surface area contributed by atoms with Crippen LogP contribution in [0.1, 0.15) is 29.7 Å². The second kappa shape index (κ2) is 10.0. The molecule has 1 amide bonds. The van der Waals surface area contributed by atoms with Gasteiger partial charge in [0.1, 0.15) is 24.7 Å². The lowest BCUT2D eigenvalue weighted by Gasteiger charge is -2.29. The zero-order valence-electron chi connectivity index (χ0n) is 19.6. The Kier molecular flexibility index (Phi) is 6.67. The van der Waals surface area contributed by atoms with Crippen LogP contribution in [0.4, 0.5) is 11.6 Å². The predicted octanol–water partition coefficient (Wildman–Crippen LogP) is 6.40. The number of benzene rings is 3. The lowest BCUT2D eigenvalue weighted by molar-refractivity contribution is -0.113. The lowest BCUT2D eigenvalue weighted by Crippen LogP contribution is -2.31. The number of ether oxygens (including phenoxy) is 1. The molecule has 2 heterocycles. The first-order valence-corrected chi connectivity index (χ1v) is 12.1. The topological polar surface area (TPSA) is 81.1 Å². The summed E-state index contributed by atoms with van der Waals surface area (Å²) in [6.07, 6.45) is 1.47. The number of para-hydroxylation sites is 1. The monoisotopic (exact) mass is 519 g/mol. The summed E-state index contributed by atoms with van der Waals surface area (Å²) in [4.78, 5) is 17.8. The molecule has 1 aliphatic heterocycles. The number of hydrogen-bond acceptors (Lipinski definition) is 5. The van der Waals surface area contributed by atoms with E-state index in [1.807, 2.05) is 68.4 Å². The van der Waals surface area contributed by atoms with Crippen molar-refractivity contribution < 1.29 is 9.53 Å². The van der Waals surface area contributed by atoms with E-state index >= 15 is 0 Å². The van der Waals surface area contributed by atoms with Crippen molar-refractivity contribution in [2.45, 2.75) is 26.5 Å². The molecule has 4 aromatic rings. The molecule has 1 aliphatic rings. The van der Waals surface area contributed by atoms with Crippen molar-refractivity contribution in [2.24, 2.45) is 0 Å². The summed E-state index contributed by atoms with van der Waals surface area (Å²) in [6, 6.07) is 20.2. The van der Waals surface area contributed by atoms with Gasteiger partial charge in [0, 0.05) is 11.4 Å². The average molecular weight is 520 g/mol. The number of nitrogens with zero attached hydrogens (tertiary/aromatic N) is 3. The molecule has 182 valence electrons. The first kappa shape index (κ1) is 23.9. The van der Waals surface area contributed by atoms with E-state index in [1.165, 1.54) is 6.33 Å². The third kappa shape index (κ3) is 4.80. The number of fused-ring (bicyclic) bond motifs is 1. The van der Waals surface area contributed by atoms with Gasteiger partial charge in [-0.25, -0.2) is 4.68 Å². The van der Waals surface area contributed by atoms with Crippen molar-refractivity contribution in [1.29, 1.82) is 0 Å². The van der Waals surface area contributed by atoms with Crippen molar-refractivity contribution in [1.82, 2.24) is 14.8 Å². The van der Waals surface area contributed by atoms with Gasteiger partial charge >= 0.3 is 0 Å². The number of amides is 1. The van der Waals surface area contributed by atoms with Crippen LogP contribution >= 0.6 is 23.2 Å². The molecule has 1 aromatic heterocycles. The molecule has 0 fully saturated rings. The summed E-state index contributed by atoms with van der Waals surface area (Å²) in [5, 5.41) is 11.6. The maximum Gasteiger partial charge on any atom is 0.255 e. The minimum atomic E-state index is -0.461. The molecule has 0 saturated heterocycles. The maximum atomic E-state index is 13.5. The van der Waals surface area contributed by atoms with Gasteiger partial charge in [-0.15, -0.1) is 0 Å². The van der Waals surface area contributed by atoms with Crippen molar-refractivity contribution in [3.05, 3.63) is 111 Å². The predicted molar refractivity (Wildman–Crippen MR) is 142 cm³/mol. The third-order valence-electron chi connectivity index (χ3n) is 6.02. The summed E-state index contributed by atoms with van der Waals surface area (Å²) < 4.78 is 7.64. The Morgan fingerprint density at radius 2 is 1.83 bits per heavy atom. The Bertz CT molecular complexity index is 1460. The Balaban J connectivity index is 1.41. The second-order valence-corrected chi connectivity index (χ2v) is 9.28. The molecule has 0 aliphatic carbocycles. The highest BCUT2D eigenvalue weighted by Gasteiger charge is 2.33. The van der Waals surface area contributed by atoms with Gasteiger partial charge in [0.2, 0.25) is 5.95 Å². The van der Waals surface area contributed by atoms with Crippen LogP contribution in [0.25, 0.3) is 0 Å². The first-order valence-electron chi connectivity index (χ1n) is 11.3. The summed E-state index contributed by atoms with van der Waals surface area (Å²) in [5.41, 5.74) is 4.80. The van der Waals surface area contributed by atoms with E-state index in [2.05, 4.69) is 20.7 Å². The molecule has 0 saturated carbocycles. The van der Waals surface area contributed by atoms with Gasteiger partial charge in [0.05, 0.1) is 15.6 Å². The second-order valence-electron chi connectivity index (χ2n) is 8.47. The molecule has 2 N–H and O–H groups in total. The van der Waals surface area contributed by atoms with Crippen LogP contribution in [-0.4, -0.2) is 20.7 Å². The SMILES string of the molecule is CC1=C(C(=O)Nc2ccccc2C)C(c2ccc(OCc3ccc(Cl)c(Cl)c3)cc2)n2ncnc2N1. The molecule has 36 heavy (non-hydrogen) atoms. The average Bonchev–Trinajstić information content (AvgIpc) is 3.33.